The van der Waals surface area contributed by atoms with Gasteiger partial charge in [0, 0.05) is 19.1 Å². The summed E-state index contributed by atoms with van der Waals surface area (Å²) < 4.78 is 2.01. The molecule has 26 heavy (non-hydrogen) atoms. The predicted molar refractivity (Wildman–Crippen MR) is 108 cm³/mol. The number of nitrogens with zero attached hydrogens (tertiary/aromatic N) is 4. The molecule has 1 heterocycles. The molecule has 0 aromatic carbocycles. The second kappa shape index (κ2) is 10.5. The molecule has 0 radical (unpaired) electrons. The van der Waals surface area contributed by atoms with Gasteiger partial charge >= 0.3 is 0 Å². The van der Waals surface area contributed by atoms with E-state index in [1.54, 1.807) is 0 Å². The Balaban J connectivity index is 1.95. The Kier molecular flexibility index (Phi) is 8.39. The van der Waals surface area contributed by atoms with E-state index in [0.717, 1.165) is 23.5 Å². The van der Waals surface area contributed by atoms with Crippen molar-refractivity contribution in [3.8, 4) is 0 Å². The van der Waals surface area contributed by atoms with Gasteiger partial charge in [-0.05, 0) is 39.0 Å². The molecule has 6 heteroatoms. The lowest BCUT2D eigenvalue weighted by atomic mass is 9.96. The minimum absolute atomic E-state index is 0.421. The minimum atomic E-state index is 0.421. The lowest BCUT2D eigenvalue weighted by Crippen LogP contribution is -2.47. The number of rotatable bonds is 8. The fourth-order valence-electron chi connectivity index (χ4n) is 3.45. The Morgan fingerprint density at radius 1 is 1.15 bits per heavy atom. The largest absolute Gasteiger partial charge is 0.354 e. The smallest absolute Gasteiger partial charge is 0.192 e. The van der Waals surface area contributed by atoms with E-state index in [9.17, 15) is 0 Å². The van der Waals surface area contributed by atoms with Gasteiger partial charge in [0.15, 0.2) is 11.8 Å². The highest BCUT2D eigenvalue weighted by Crippen LogP contribution is 2.17. The lowest BCUT2D eigenvalue weighted by molar-refractivity contribution is 0.406. The Labute approximate surface area is 159 Å². The summed E-state index contributed by atoms with van der Waals surface area (Å²) in [5.41, 5.74) is 0. The summed E-state index contributed by atoms with van der Waals surface area (Å²) in [4.78, 5) is 4.82. The highest BCUT2D eigenvalue weighted by Gasteiger charge is 2.16. The molecule has 0 aliphatic heterocycles. The van der Waals surface area contributed by atoms with E-state index in [-0.39, 0.29) is 0 Å². The minimum Gasteiger partial charge on any atom is -0.354 e. The fraction of sp³-hybridized carbons (Fsp3) is 0.850. The van der Waals surface area contributed by atoms with Crippen LogP contribution in [0.3, 0.4) is 0 Å². The summed E-state index contributed by atoms with van der Waals surface area (Å²) in [5, 5.41) is 15.6. The van der Waals surface area contributed by atoms with Gasteiger partial charge in [-0.3, -0.25) is 0 Å². The third kappa shape index (κ3) is 6.96. The first-order valence-corrected chi connectivity index (χ1v) is 10.4. The van der Waals surface area contributed by atoms with Crippen molar-refractivity contribution in [3.05, 3.63) is 11.6 Å². The summed E-state index contributed by atoms with van der Waals surface area (Å²) >= 11 is 0. The first kappa shape index (κ1) is 20.7. The molecule has 2 N–H and O–H groups in total. The molecule has 0 bridgehead atoms. The van der Waals surface area contributed by atoms with Crippen LogP contribution in [0.4, 0.5) is 0 Å². The molecule has 1 fully saturated rings. The van der Waals surface area contributed by atoms with Crippen molar-refractivity contribution in [2.24, 2.45) is 18.0 Å². The van der Waals surface area contributed by atoms with Gasteiger partial charge in [-0.25, -0.2) is 4.99 Å². The Bertz CT molecular complexity index is 557. The Morgan fingerprint density at radius 3 is 2.50 bits per heavy atom. The third-order valence-corrected chi connectivity index (χ3v) is 5.31. The molecule has 0 saturated heterocycles. The van der Waals surface area contributed by atoms with E-state index >= 15 is 0 Å². The quantitative estimate of drug-likeness (QED) is 0.546. The molecule has 1 atom stereocenters. The molecule has 6 nitrogen and oxygen atoms in total. The van der Waals surface area contributed by atoms with Crippen molar-refractivity contribution in [1.29, 1.82) is 0 Å². The van der Waals surface area contributed by atoms with Crippen molar-refractivity contribution < 1.29 is 0 Å². The average Bonchev–Trinajstić information content (AvgIpc) is 2.92. The molecule has 0 amide bonds. The average molecular weight is 363 g/mol. The lowest BCUT2D eigenvalue weighted by Gasteiger charge is -2.26. The monoisotopic (exact) mass is 362 g/mol. The van der Waals surface area contributed by atoms with Crippen LogP contribution in [0.2, 0.25) is 0 Å². The zero-order chi connectivity index (χ0) is 18.9. The highest BCUT2D eigenvalue weighted by molar-refractivity contribution is 5.80. The van der Waals surface area contributed by atoms with Crippen molar-refractivity contribution in [2.75, 3.05) is 0 Å². The molecule has 1 aliphatic carbocycles. The van der Waals surface area contributed by atoms with Crippen molar-refractivity contribution in [2.45, 2.75) is 97.7 Å². The van der Waals surface area contributed by atoms with Gasteiger partial charge in [-0.15, -0.1) is 10.2 Å². The summed E-state index contributed by atoms with van der Waals surface area (Å²) in [6.07, 6.45) is 10.2. The standard InChI is InChI=1S/C20H38N6/c1-15(2)10-9-11-16(3)22-20(23-18-12-7-6-8-13-18)21-14-19-25-24-17(4)26(19)5/h15-16,18H,6-14H2,1-5H3,(H2,21,22,23). The first-order valence-electron chi connectivity index (χ1n) is 10.4. The van der Waals surface area contributed by atoms with Gasteiger partial charge < -0.3 is 15.2 Å². The zero-order valence-corrected chi connectivity index (χ0v) is 17.4. The molecule has 0 spiro atoms. The number of hydrogen-bond acceptors (Lipinski definition) is 3. The van der Waals surface area contributed by atoms with E-state index < -0.39 is 0 Å². The van der Waals surface area contributed by atoms with Crippen LogP contribution in [0.1, 0.15) is 83.8 Å². The summed E-state index contributed by atoms with van der Waals surface area (Å²) in [7, 11) is 2.00. The topological polar surface area (TPSA) is 67.1 Å². The molecule has 1 saturated carbocycles. The summed E-state index contributed by atoms with van der Waals surface area (Å²) in [6, 6.07) is 0.962. The molecule has 1 aromatic rings. The first-order chi connectivity index (χ1) is 12.5. The highest BCUT2D eigenvalue weighted by atomic mass is 15.3. The van der Waals surface area contributed by atoms with Crippen LogP contribution in [0.5, 0.6) is 0 Å². The Hall–Kier alpha value is -1.59. The van der Waals surface area contributed by atoms with Gasteiger partial charge in [0.1, 0.15) is 12.4 Å². The van der Waals surface area contributed by atoms with E-state index in [1.807, 2.05) is 18.5 Å². The number of nitrogens with one attached hydrogen (secondary N) is 2. The van der Waals surface area contributed by atoms with Gasteiger partial charge in [0.2, 0.25) is 0 Å². The van der Waals surface area contributed by atoms with Crippen LogP contribution >= 0.6 is 0 Å². The van der Waals surface area contributed by atoms with Crippen LogP contribution in [-0.2, 0) is 13.6 Å². The number of guanidine groups is 1. The molecule has 148 valence electrons. The third-order valence-electron chi connectivity index (χ3n) is 5.31. The molecular weight excluding hydrogens is 324 g/mol. The summed E-state index contributed by atoms with van der Waals surface area (Å²) in [6.45, 7) is 9.36. The predicted octanol–water partition coefficient (Wildman–Crippen LogP) is 3.71. The van der Waals surface area contributed by atoms with Crippen molar-refractivity contribution >= 4 is 5.96 Å². The zero-order valence-electron chi connectivity index (χ0n) is 17.4. The number of aryl methyl sites for hydroxylation is 1. The Morgan fingerprint density at radius 2 is 1.88 bits per heavy atom. The van der Waals surface area contributed by atoms with E-state index in [2.05, 4.69) is 41.6 Å². The maximum absolute atomic E-state index is 4.82. The van der Waals surface area contributed by atoms with Crippen LogP contribution in [0.15, 0.2) is 4.99 Å². The SMILES string of the molecule is Cc1nnc(CN=C(NC(C)CCCC(C)C)NC2CCCCC2)n1C. The van der Waals surface area contributed by atoms with E-state index in [0.29, 0.717) is 18.6 Å². The van der Waals surface area contributed by atoms with Gasteiger partial charge in [0.25, 0.3) is 0 Å². The maximum Gasteiger partial charge on any atom is 0.192 e. The molecule has 1 aromatic heterocycles. The van der Waals surface area contributed by atoms with Crippen LogP contribution in [-0.4, -0.2) is 32.8 Å². The maximum atomic E-state index is 4.82. The second-order valence-electron chi connectivity index (χ2n) is 8.24. The van der Waals surface area contributed by atoms with Crippen LogP contribution in [0, 0.1) is 12.8 Å². The van der Waals surface area contributed by atoms with E-state index in [1.165, 1.54) is 51.4 Å². The number of hydrogen-bond donors (Lipinski definition) is 2. The number of aliphatic imine (C=N–C) groups is 1. The van der Waals surface area contributed by atoms with Gasteiger partial charge in [-0.1, -0.05) is 46.0 Å². The fourth-order valence-corrected chi connectivity index (χ4v) is 3.45. The van der Waals surface area contributed by atoms with Gasteiger partial charge in [0.05, 0.1) is 0 Å². The molecule has 2 rings (SSSR count). The molecular formula is C20H38N6. The van der Waals surface area contributed by atoms with Crippen LogP contribution < -0.4 is 10.6 Å². The molecule has 1 aliphatic rings. The second-order valence-corrected chi connectivity index (χ2v) is 8.24. The summed E-state index contributed by atoms with van der Waals surface area (Å²) in [5.74, 6) is 3.52. The normalized spacial score (nSPS) is 17.5. The number of aromatic nitrogens is 3. The van der Waals surface area contributed by atoms with Crippen LogP contribution in [0.25, 0.3) is 0 Å². The molecule has 1 unspecified atom stereocenters. The van der Waals surface area contributed by atoms with Crippen molar-refractivity contribution in [1.82, 2.24) is 25.4 Å². The van der Waals surface area contributed by atoms with Crippen molar-refractivity contribution in [3.63, 3.8) is 0 Å². The van der Waals surface area contributed by atoms with Gasteiger partial charge in [-0.2, -0.15) is 0 Å². The van der Waals surface area contributed by atoms with E-state index in [4.69, 9.17) is 4.99 Å².